The Morgan fingerprint density at radius 1 is 1.28 bits per heavy atom. The number of nitrogens with two attached hydrogens (primary N) is 1. The van der Waals surface area contributed by atoms with E-state index >= 15 is 0 Å². The van der Waals surface area contributed by atoms with Crippen molar-refractivity contribution in [3.63, 3.8) is 0 Å². The molecule has 0 aromatic heterocycles. The summed E-state index contributed by atoms with van der Waals surface area (Å²) >= 11 is 0. The minimum absolute atomic E-state index is 0.129. The third-order valence-electron chi connectivity index (χ3n) is 6.20. The molecule has 8 nitrogen and oxygen atoms in total. The lowest BCUT2D eigenvalue weighted by molar-refractivity contribution is -0.136. The Morgan fingerprint density at radius 2 is 2.07 bits per heavy atom. The molecule has 3 aliphatic rings. The zero-order chi connectivity index (χ0) is 20.8. The maximum atomic E-state index is 12.8. The summed E-state index contributed by atoms with van der Waals surface area (Å²) in [5.74, 6) is -0.809. The van der Waals surface area contributed by atoms with Crippen molar-refractivity contribution in [1.29, 1.82) is 0 Å². The predicted octanol–water partition coefficient (Wildman–Crippen LogP) is 0.386. The van der Waals surface area contributed by atoms with E-state index in [9.17, 15) is 14.4 Å². The summed E-state index contributed by atoms with van der Waals surface area (Å²) in [5, 5.41) is 2.34. The molecule has 0 saturated carbocycles. The number of amides is 3. The van der Waals surface area contributed by atoms with Crippen LogP contribution >= 0.6 is 0 Å². The molecule has 3 heterocycles. The highest BCUT2D eigenvalue weighted by molar-refractivity contribution is 6.05. The van der Waals surface area contributed by atoms with Crippen molar-refractivity contribution < 1.29 is 19.1 Å². The van der Waals surface area contributed by atoms with Crippen LogP contribution in [-0.4, -0.2) is 64.9 Å². The molecule has 4 rings (SSSR count). The van der Waals surface area contributed by atoms with Crippen LogP contribution in [0.15, 0.2) is 18.2 Å². The second-order valence-electron chi connectivity index (χ2n) is 8.74. The Hall–Kier alpha value is -2.29. The molecule has 2 fully saturated rings. The van der Waals surface area contributed by atoms with Crippen LogP contribution in [0.25, 0.3) is 0 Å². The van der Waals surface area contributed by atoms with Gasteiger partial charge in [0.1, 0.15) is 6.04 Å². The molecule has 0 radical (unpaired) electrons. The minimum Gasteiger partial charge on any atom is -0.378 e. The van der Waals surface area contributed by atoms with Crippen LogP contribution in [0.2, 0.25) is 0 Å². The molecule has 3 amide bonds. The first kappa shape index (κ1) is 20.0. The van der Waals surface area contributed by atoms with E-state index < -0.39 is 6.04 Å². The number of piperidine rings is 1. The molecule has 0 aliphatic carbocycles. The fraction of sp³-hybridized carbons (Fsp3) is 0.571. The number of morpholine rings is 1. The standard InChI is InChI=1S/C21H28N4O4/c1-21(2)12-29-11-15(8-22)25(21)9-13-3-4-16-14(7-13)10-24(20(16)28)17-5-6-18(26)23-19(17)27/h3-4,7,15,17H,5-6,8-12,22H2,1-2H3,(H,23,26,27). The van der Waals surface area contributed by atoms with Crippen molar-refractivity contribution in [1.82, 2.24) is 15.1 Å². The summed E-state index contributed by atoms with van der Waals surface area (Å²) in [6.45, 7) is 7.20. The average Bonchev–Trinajstić information content (AvgIpc) is 2.99. The highest BCUT2D eigenvalue weighted by atomic mass is 16.5. The first-order valence-corrected chi connectivity index (χ1v) is 10.1. The second kappa shape index (κ2) is 7.51. The molecule has 2 saturated heterocycles. The van der Waals surface area contributed by atoms with E-state index in [4.69, 9.17) is 10.5 Å². The number of fused-ring (bicyclic) bond motifs is 1. The number of ether oxygens (including phenoxy) is 1. The number of carbonyl (C=O) groups excluding carboxylic acids is 3. The first-order chi connectivity index (χ1) is 13.8. The molecule has 0 bridgehead atoms. The zero-order valence-corrected chi connectivity index (χ0v) is 16.9. The van der Waals surface area contributed by atoms with Gasteiger partial charge in [-0.25, -0.2) is 0 Å². The Morgan fingerprint density at radius 3 is 2.79 bits per heavy atom. The first-order valence-electron chi connectivity index (χ1n) is 10.1. The third-order valence-corrected chi connectivity index (χ3v) is 6.20. The van der Waals surface area contributed by atoms with Gasteiger partial charge >= 0.3 is 0 Å². The quantitative estimate of drug-likeness (QED) is 0.709. The van der Waals surface area contributed by atoms with Crippen molar-refractivity contribution in [2.75, 3.05) is 19.8 Å². The summed E-state index contributed by atoms with van der Waals surface area (Å²) < 4.78 is 5.71. The lowest BCUT2D eigenvalue weighted by Crippen LogP contribution is -2.59. The molecular weight excluding hydrogens is 372 g/mol. The molecule has 156 valence electrons. The van der Waals surface area contributed by atoms with Crippen LogP contribution in [0.5, 0.6) is 0 Å². The number of carbonyl (C=O) groups is 3. The minimum atomic E-state index is -0.587. The van der Waals surface area contributed by atoms with Gasteiger partial charge in [0.05, 0.1) is 13.2 Å². The molecule has 2 unspecified atom stereocenters. The fourth-order valence-corrected chi connectivity index (χ4v) is 4.57. The van der Waals surface area contributed by atoms with E-state index in [-0.39, 0.29) is 35.7 Å². The van der Waals surface area contributed by atoms with Gasteiger partial charge in [-0.1, -0.05) is 12.1 Å². The monoisotopic (exact) mass is 400 g/mol. The smallest absolute Gasteiger partial charge is 0.255 e. The number of imide groups is 1. The van der Waals surface area contributed by atoms with E-state index in [1.54, 1.807) is 4.90 Å². The van der Waals surface area contributed by atoms with Crippen molar-refractivity contribution in [3.8, 4) is 0 Å². The predicted molar refractivity (Wildman–Crippen MR) is 106 cm³/mol. The largest absolute Gasteiger partial charge is 0.378 e. The number of nitrogens with one attached hydrogen (secondary N) is 1. The summed E-state index contributed by atoms with van der Waals surface area (Å²) in [6, 6.07) is 5.44. The zero-order valence-electron chi connectivity index (χ0n) is 16.9. The fourth-order valence-electron chi connectivity index (χ4n) is 4.57. The van der Waals surface area contributed by atoms with Gasteiger partial charge in [-0.05, 0) is 37.5 Å². The van der Waals surface area contributed by atoms with Crippen molar-refractivity contribution in [2.45, 2.75) is 57.4 Å². The Labute approximate surface area is 170 Å². The van der Waals surface area contributed by atoms with Gasteiger partial charge in [0.25, 0.3) is 5.91 Å². The van der Waals surface area contributed by atoms with E-state index in [0.29, 0.717) is 38.3 Å². The van der Waals surface area contributed by atoms with E-state index in [1.165, 1.54) is 0 Å². The van der Waals surface area contributed by atoms with Gasteiger partial charge in [0.15, 0.2) is 0 Å². The summed E-state index contributed by atoms with van der Waals surface area (Å²) in [5.41, 5.74) is 8.50. The summed E-state index contributed by atoms with van der Waals surface area (Å²) in [7, 11) is 0. The van der Waals surface area contributed by atoms with Crippen molar-refractivity contribution in [2.24, 2.45) is 5.73 Å². The highest BCUT2D eigenvalue weighted by Crippen LogP contribution is 2.30. The molecule has 2 atom stereocenters. The van der Waals surface area contributed by atoms with Gasteiger partial charge in [-0.3, -0.25) is 24.6 Å². The van der Waals surface area contributed by atoms with Crippen LogP contribution in [0.3, 0.4) is 0 Å². The molecular formula is C21H28N4O4. The molecule has 3 aliphatic heterocycles. The van der Waals surface area contributed by atoms with Gasteiger partial charge in [-0.15, -0.1) is 0 Å². The van der Waals surface area contributed by atoms with Gasteiger partial charge < -0.3 is 15.4 Å². The third kappa shape index (κ3) is 3.68. The van der Waals surface area contributed by atoms with E-state index in [0.717, 1.165) is 17.7 Å². The highest BCUT2D eigenvalue weighted by Gasteiger charge is 2.40. The molecule has 8 heteroatoms. The van der Waals surface area contributed by atoms with Gasteiger partial charge in [-0.2, -0.15) is 0 Å². The van der Waals surface area contributed by atoms with Gasteiger partial charge in [0, 0.05) is 43.2 Å². The van der Waals surface area contributed by atoms with Crippen LogP contribution < -0.4 is 11.1 Å². The number of benzene rings is 1. The normalized spacial score (nSPS) is 27.1. The lowest BCUT2D eigenvalue weighted by atomic mass is 9.96. The maximum absolute atomic E-state index is 12.8. The number of hydrogen-bond acceptors (Lipinski definition) is 6. The van der Waals surface area contributed by atoms with Crippen LogP contribution in [0.1, 0.15) is 48.2 Å². The van der Waals surface area contributed by atoms with Crippen LogP contribution in [-0.2, 0) is 27.4 Å². The molecule has 1 aromatic rings. The average molecular weight is 400 g/mol. The number of nitrogens with zero attached hydrogens (tertiary/aromatic N) is 2. The Bertz CT molecular complexity index is 853. The molecule has 0 spiro atoms. The van der Waals surface area contributed by atoms with Gasteiger partial charge in [0.2, 0.25) is 11.8 Å². The second-order valence-corrected chi connectivity index (χ2v) is 8.74. The van der Waals surface area contributed by atoms with E-state index in [2.05, 4.69) is 30.1 Å². The topological polar surface area (TPSA) is 105 Å². The molecule has 3 N–H and O–H groups in total. The van der Waals surface area contributed by atoms with Crippen molar-refractivity contribution in [3.05, 3.63) is 34.9 Å². The van der Waals surface area contributed by atoms with Crippen LogP contribution in [0.4, 0.5) is 0 Å². The molecule has 1 aromatic carbocycles. The molecule has 29 heavy (non-hydrogen) atoms. The SMILES string of the molecule is CC1(C)COCC(CN)N1Cc1ccc2c(c1)CN(C1CCC(=O)NC1=O)C2=O. The van der Waals surface area contributed by atoms with E-state index in [1.807, 2.05) is 12.1 Å². The Balaban J connectivity index is 1.53. The maximum Gasteiger partial charge on any atom is 0.255 e. The lowest BCUT2D eigenvalue weighted by Gasteiger charge is -2.47. The Kier molecular flexibility index (Phi) is 5.18. The van der Waals surface area contributed by atoms with Crippen LogP contribution in [0, 0.1) is 0 Å². The summed E-state index contributed by atoms with van der Waals surface area (Å²) in [4.78, 5) is 40.4. The summed E-state index contributed by atoms with van der Waals surface area (Å²) in [6.07, 6.45) is 0.631. The number of hydrogen-bond donors (Lipinski definition) is 2. The van der Waals surface area contributed by atoms with Crippen molar-refractivity contribution >= 4 is 17.7 Å². The number of rotatable bonds is 4.